The Labute approximate surface area is 175 Å². The molecule has 3 aliphatic rings. The van der Waals surface area contributed by atoms with E-state index in [0.29, 0.717) is 13.2 Å². The molecule has 0 spiro atoms. The van der Waals surface area contributed by atoms with Crippen molar-refractivity contribution in [3.05, 3.63) is 58.7 Å². The van der Waals surface area contributed by atoms with Gasteiger partial charge in [0, 0.05) is 14.2 Å². The molecule has 2 nitrogen and oxygen atoms in total. The minimum atomic E-state index is -0.197. The molecule has 0 unspecified atom stereocenters. The molecule has 3 aliphatic carbocycles. The van der Waals surface area contributed by atoms with E-state index in [2.05, 4.69) is 36.4 Å². The van der Waals surface area contributed by atoms with E-state index in [-0.39, 0.29) is 5.41 Å². The van der Waals surface area contributed by atoms with Gasteiger partial charge in [0.25, 0.3) is 0 Å². The monoisotopic (exact) mass is 390 g/mol. The van der Waals surface area contributed by atoms with Gasteiger partial charge in [0.2, 0.25) is 0 Å². The summed E-state index contributed by atoms with van der Waals surface area (Å²) >= 11 is 0. The average molecular weight is 391 g/mol. The molecule has 2 aromatic carbocycles. The van der Waals surface area contributed by atoms with Crippen LogP contribution >= 0.6 is 0 Å². The lowest BCUT2D eigenvalue weighted by Crippen LogP contribution is -2.36. The van der Waals surface area contributed by atoms with Crippen molar-refractivity contribution in [1.82, 2.24) is 0 Å². The van der Waals surface area contributed by atoms with Crippen LogP contribution < -0.4 is 0 Å². The number of fused-ring (bicyclic) bond motifs is 3. The summed E-state index contributed by atoms with van der Waals surface area (Å²) in [5.41, 5.74) is 8.44. The molecule has 0 amide bonds. The summed E-state index contributed by atoms with van der Waals surface area (Å²) in [5.74, 6) is 1.45. The van der Waals surface area contributed by atoms with Gasteiger partial charge in [-0.25, -0.2) is 0 Å². The minimum Gasteiger partial charge on any atom is -0.383 e. The van der Waals surface area contributed by atoms with Crippen LogP contribution in [0.5, 0.6) is 0 Å². The Kier molecular flexibility index (Phi) is 5.26. The molecule has 0 heterocycles. The van der Waals surface area contributed by atoms with Crippen molar-refractivity contribution in [2.45, 2.75) is 68.6 Å². The maximum absolute atomic E-state index is 5.85. The molecule has 5 rings (SSSR count). The highest BCUT2D eigenvalue weighted by Gasteiger charge is 2.44. The lowest BCUT2D eigenvalue weighted by molar-refractivity contribution is 0.0814. The third-order valence-corrected chi connectivity index (χ3v) is 7.84. The first-order chi connectivity index (χ1) is 14.3. The van der Waals surface area contributed by atoms with E-state index in [4.69, 9.17) is 9.47 Å². The minimum absolute atomic E-state index is 0.197. The normalized spacial score (nSPS) is 20.9. The Morgan fingerprint density at radius 3 is 1.48 bits per heavy atom. The smallest absolute Gasteiger partial charge is 0.0681 e. The Balaban J connectivity index is 1.65. The highest BCUT2D eigenvalue weighted by Crippen LogP contribution is 2.52. The Bertz CT molecular complexity index is 799. The summed E-state index contributed by atoms with van der Waals surface area (Å²) in [5, 5.41) is 0. The first-order valence-corrected chi connectivity index (χ1v) is 11.5. The van der Waals surface area contributed by atoms with Gasteiger partial charge in [-0.1, -0.05) is 62.1 Å². The van der Waals surface area contributed by atoms with Gasteiger partial charge in [-0.2, -0.15) is 0 Å². The number of benzene rings is 2. The van der Waals surface area contributed by atoms with Crippen molar-refractivity contribution in [3.63, 3.8) is 0 Å². The SMILES string of the molecule is COCC1(COC)c2cc(C3CCCC3)ccc2-c2ccc(C3CCCC3)cc21. The molecule has 2 aromatic rings. The molecular formula is C27H34O2. The van der Waals surface area contributed by atoms with Gasteiger partial charge in [-0.3, -0.25) is 0 Å². The summed E-state index contributed by atoms with van der Waals surface area (Å²) in [6.07, 6.45) is 10.8. The zero-order valence-electron chi connectivity index (χ0n) is 18.0. The highest BCUT2D eigenvalue weighted by atomic mass is 16.5. The number of hydrogen-bond donors (Lipinski definition) is 0. The molecule has 0 bridgehead atoms. The van der Waals surface area contributed by atoms with Crippen LogP contribution in [0.2, 0.25) is 0 Å². The van der Waals surface area contributed by atoms with Crippen LogP contribution in [-0.4, -0.2) is 27.4 Å². The second kappa shape index (κ2) is 7.89. The maximum atomic E-state index is 5.85. The molecule has 154 valence electrons. The van der Waals surface area contributed by atoms with Gasteiger partial charge in [-0.05, 0) is 70.9 Å². The van der Waals surface area contributed by atoms with E-state index in [1.807, 2.05) is 14.2 Å². The van der Waals surface area contributed by atoms with Crippen molar-refractivity contribution in [2.24, 2.45) is 0 Å². The van der Waals surface area contributed by atoms with Crippen LogP contribution in [0.15, 0.2) is 36.4 Å². The Morgan fingerprint density at radius 2 is 1.10 bits per heavy atom. The van der Waals surface area contributed by atoms with Crippen LogP contribution in [0, 0.1) is 0 Å². The van der Waals surface area contributed by atoms with Crippen LogP contribution in [0.1, 0.15) is 85.5 Å². The quantitative estimate of drug-likeness (QED) is 0.556. The number of rotatable bonds is 6. The lowest BCUT2D eigenvalue weighted by Gasteiger charge is -2.31. The van der Waals surface area contributed by atoms with E-state index in [9.17, 15) is 0 Å². The van der Waals surface area contributed by atoms with Crippen LogP contribution in [0.3, 0.4) is 0 Å². The molecule has 2 heteroatoms. The Hall–Kier alpha value is -1.64. The van der Waals surface area contributed by atoms with Gasteiger partial charge < -0.3 is 9.47 Å². The van der Waals surface area contributed by atoms with Crippen LogP contribution in [0.25, 0.3) is 11.1 Å². The van der Waals surface area contributed by atoms with Crippen molar-refractivity contribution in [2.75, 3.05) is 27.4 Å². The fraction of sp³-hybridized carbons (Fsp3) is 0.556. The zero-order valence-corrected chi connectivity index (χ0v) is 18.0. The molecule has 0 aliphatic heterocycles. The first-order valence-electron chi connectivity index (χ1n) is 11.5. The van der Waals surface area contributed by atoms with Crippen molar-refractivity contribution in [3.8, 4) is 11.1 Å². The number of hydrogen-bond acceptors (Lipinski definition) is 2. The molecule has 0 N–H and O–H groups in total. The maximum Gasteiger partial charge on any atom is 0.0681 e. The van der Waals surface area contributed by atoms with Gasteiger partial charge in [0.15, 0.2) is 0 Å². The summed E-state index contributed by atoms with van der Waals surface area (Å²) in [4.78, 5) is 0. The van der Waals surface area contributed by atoms with Crippen molar-refractivity contribution < 1.29 is 9.47 Å². The summed E-state index contributed by atoms with van der Waals surface area (Å²) < 4.78 is 11.7. The fourth-order valence-electron chi connectivity index (χ4n) is 6.40. The highest BCUT2D eigenvalue weighted by molar-refractivity contribution is 5.82. The zero-order chi connectivity index (χ0) is 19.8. The second-order valence-corrected chi connectivity index (χ2v) is 9.52. The van der Waals surface area contributed by atoms with E-state index in [0.717, 1.165) is 11.8 Å². The lowest BCUT2D eigenvalue weighted by atomic mass is 9.77. The molecule has 0 atom stereocenters. The number of methoxy groups -OCH3 is 2. The summed E-state index contributed by atoms with van der Waals surface area (Å²) in [6, 6.07) is 14.5. The van der Waals surface area contributed by atoms with Crippen LogP contribution in [-0.2, 0) is 14.9 Å². The van der Waals surface area contributed by atoms with E-state index in [1.54, 1.807) is 0 Å². The van der Waals surface area contributed by atoms with E-state index in [1.165, 1.54) is 84.7 Å². The predicted molar refractivity (Wildman–Crippen MR) is 119 cm³/mol. The topological polar surface area (TPSA) is 18.5 Å². The Morgan fingerprint density at radius 1 is 0.690 bits per heavy atom. The first kappa shape index (κ1) is 19.3. The molecule has 0 saturated heterocycles. The molecule has 0 radical (unpaired) electrons. The number of ether oxygens (including phenoxy) is 2. The summed E-state index contributed by atoms with van der Waals surface area (Å²) in [6.45, 7) is 1.34. The molecule has 29 heavy (non-hydrogen) atoms. The van der Waals surface area contributed by atoms with Crippen molar-refractivity contribution >= 4 is 0 Å². The molecule has 2 fully saturated rings. The van der Waals surface area contributed by atoms with E-state index < -0.39 is 0 Å². The average Bonchev–Trinajstić information content (AvgIpc) is 3.50. The summed E-state index contributed by atoms with van der Waals surface area (Å²) in [7, 11) is 3.66. The van der Waals surface area contributed by atoms with E-state index >= 15 is 0 Å². The largest absolute Gasteiger partial charge is 0.383 e. The van der Waals surface area contributed by atoms with Crippen molar-refractivity contribution in [1.29, 1.82) is 0 Å². The standard InChI is InChI=1S/C27H34O2/c1-28-17-27(18-29-2)25-15-21(19-7-3-4-8-19)11-13-23(25)24-14-12-22(16-26(24)27)20-9-5-6-10-20/h11-16,19-20H,3-10,17-18H2,1-2H3. The molecule has 2 saturated carbocycles. The van der Waals surface area contributed by atoms with Gasteiger partial charge in [0.05, 0.1) is 18.6 Å². The third-order valence-electron chi connectivity index (χ3n) is 7.84. The van der Waals surface area contributed by atoms with Gasteiger partial charge in [-0.15, -0.1) is 0 Å². The molecular weight excluding hydrogens is 356 g/mol. The predicted octanol–water partition coefficient (Wildman–Crippen LogP) is 6.56. The fourth-order valence-corrected chi connectivity index (χ4v) is 6.40. The van der Waals surface area contributed by atoms with Gasteiger partial charge >= 0.3 is 0 Å². The van der Waals surface area contributed by atoms with Gasteiger partial charge in [0.1, 0.15) is 0 Å². The third kappa shape index (κ3) is 3.16. The molecule has 0 aromatic heterocycles. The van der Waals surface area contributed by atoms with Crippen LogP contribution in [0.4, 0.5) is 0 Å². The second-order valence-electron chi connectivity index (χ2n) is 9.52.